The Morgan fingerprint density at radius 3 is 2.36 bits per heavy atom. The van der Waals surface area contributed by atoms with E-state index >= 15 is 0 Å². The van der Waals surface area contributed by atoms with E-state index in [-0.39, 0.29) is 30.7 Å². The summed E-state index contributed by atoms with van der Waals surface area (Å²) in [5, 5.41) is 5.71. The van der Waals surface area contributed by atoms with Crippen LogP contribution in [-0.2, 0) is 4.79 Å². The lowest BCUT2D eigenvalue weighted by atomic mass is 10.1. The van der Waals surface area contributed by atoms with Crippen LogP contribution < -0.4 is 5.32 Å². The third-order valence-corrected chi connectivity index (χ3v) is 6.21. The summed E-state index contributed by atoms with van der Waals surface area (Å²) in [4.78, 5) is 47.3. The lowest BCUT2D eigenvalue weighted by Gasteiger charge is -2.13. The molecule has 7 nitrogen and oxygen atoms in total. The standard InChI is InChI=1S/C25H18N4O3S/c30-22(10-13-29-24(31)19-6-1-2-7-20(19)25(29)32)27-18-5-3-4-17(14-18)21-15-33-23(28-21)16-8-11-26-12-9-16/h1-9,11-12,14-15H,10,13H2,(H,27,30). The first-order chi connectivity index (χ1) is 16.1. The van der Waals surface area contributed by atoms with E-state index in [1.165, 1.54) is 11.3 Å². The maximum absolute atomic E-state index is 12.5. The molecule has 1 aliphatic rings. The Morgan fingerprint density at radius 2 is 1.64 bits per heavy atom. The molecule has 0 atom stereocenters. The van der Waals surface area contributed by atoms with Gasteiger partial charge in [0.25, 0.3) is 11.8 Å². The van der Waals surface area contributed by atoms with Crippen LogP contribution in [-0.4, -0.2) is 39.1 Å². The van der Waals surface area contributed by atoms with Crippen molar-refractivity contribution in [2.24, 2.45) is 0 Å². The van der Waals surface area contributed by atoms with Crippen molar-refractivity contribution in [2.75, 3.05) is 11.9 Å². The molecular formula is C25H18N4O3S. The second-order valence-electron chi connectivity index (χ2n) is 7.46. The van der Waals surface area contributed by atoms with Crippen LogP contribution in [0, 0.1) is 0 Å². The molecule has 2 aromatic heterocycles. The number of amides is 3. The summed E-state index contributed by atoms with van der Waals surface area (Å²) in [6.45, 7) is 0.0270. The fourth-order valence-electron chi connectivity index (χ4n) is 3.67. The topological polar surface area (TPSA) is 92.3 Å². The molecule has 4 aromatic rings. The van der Waals surface area contributed by atoms with Crippen molar-refractivity contribution in [3.63, 3.8) is 0 Å². The lowest BCUT2D eigenvalue weighted by Crippen LogP contribution is -2.32. The minimum Gasteiger partial charge on any atom is -0.326 e. The maximum Gasteiger partial charge on any atom is 0.261 e. The molecule has 0 bridgehead atoms. The number of nitrogens with zero attached hydrogens (tertiary/aromatic N) is 3. The lowest BCUT2D eigenvalue weighted by molar-refractivity contribution is -0.116. The van der Waals surface area contributed by atoms with Crippen molar-refractivity contribution in [3.05, 3.63) is 89.6 Å². The Morgan fingerprint density at radius 1 is 0.909 bits per heavy atom. The van der Waals surface area contributed by atoms with Crippen LogP contribution in [0.1, 0.15) is 27.1 Å². The van der Waals surface area contributed by atoms with Gasteiger partial charge in [-0.2, -0.15) is 0 Å². The summed E-state index contributed by atoms with van der Waals surface area (Å²) >= 11 is 1.54. The highest BCUT2D eigenvalue weighted by molar-refractivity contribution is 7.13. The van der Waals surface area contributed by atoms with Crippen LogP contribution in [0.4, 0.5) is 5.69 Å². The highest BCUT2D eigenvalue weighted by atomic mass is 32.1. The molecule has 5 rings (SSSR count). The molecule has 2 aromatic carbocycles. The number of carbonyl (C=O) groups excluding carboxylic acids is 3. The predicted octanol–water partition coefficient (Wildman–Crippen LogP) is 4.50. The first kappa shape index (κ1) is 20.7. The average molecular weight is 455 g/mol. The second-order valence-corrected chi connectivity index (χ2v) is 8.32. The molecular weight excluding hydrogens is 436 g/mol. The average Bonchev–Trinajstić information content (AvgIpc) is 3.43. The number of thiazole rings is 1. The van der Waals surface area contributed by atoms with Gasteiger partial charge in [0.2, 0.25) is 5.91 Å². The van der Waals surface area contributed by atoms with Crippen LogP contribution in [0.3, 0.4) is 0 Å². The number of anilines is 1. The van der Waals surface area contributed by atoms with Gasteiger partial charge in [0.15, 0.2) is 0 Å². The molecule has 8 heteroatoms. The Kier molecular flexibility index (Phi) is 5.50. The molecule has 0 saturated carbocycles. The summed E-state index contributed by atoms with van der Waals surface area (Å²) < 4.78 is 0. The fourth-order valence-corrected chi connectivity index (χ4v) is 4.50. The largest absolute Gasteiger partial charge is 0.326 e. The number of aromatic nitrogens is 2. The highest BCUT2D eigenvalue weighted by Crippen LogP contribution is 2.29. The van der Waals surface area contributed by atoms with Gasteiger partial charge in [-0.25, -0.2) is 4.98 Å². The Balaban J connectivity index is 1.23. The van der Waals surface area contributed by atoms with Gasteiger partial charge in [0.1, 0.15) is 5.01 Å². The fraction of sp³-hybridized carbons (Fsp3) is 0.0800. The summed E-state index contributed by atoms with van der Waals surface area (Å²) in [6.07, 6.45) is 3.47. The second kappa shape index (κ2) is 8.76. The number of pyridine rings is 1. The number of fused-ring (bicyclic) bond motifs is 1. The Bertz CT molecular complexity index is 1330. The van der Waals surface area contributed by atoms with Crippen LogP contribution in [0.5, 0.6) is 0 Å². The van der Waals surface area contributed by atoms with Crippen molar-refractivity contribution in [3.8, 4) is 21.8 Å². The van der Waals surface area contributed by atoms with Crippen LogP contribution in [0.2, 0.25) is 0 Å². The van der Waals surface area contributed by atoms with E-state index in [0.717, 1.165) is 26.7 Å². The first-order valence-electron chi connectivity index (χ1n) is 10.3. The van der Waals surface area contributed by atoms with Gasteiger partial charge in [-0.15, -0.1) is 11.3 Å². The van der Waals surface area contributed by atoms with Crippen molar-refractivity contribution in [1.82, 2.24) is 14.9 Å². The van der Waals surface area contributed by atoms with E-state index in [0.29, 0.717) is 16.8 Å². The van der Waals surface area contributed by atoms with E-state index in [1.54, 1.807) is 42.7 Å². The third kappa shape index (κ3) is 4.16. The summed E-state index contributed by atoms with van der Waals surface area (Å²) in [7, 11) is 0. The number of benzene rings is 2. The number of nitrogens with one attached hydrogen (secondary N) is 1. The minimum atomic E-state index is -0.362. The minimum absolute atomic E-state index is 0.0125. The monoisotopic (exact) mass is 454 g/mol. The number of rotatable bonds is 6. The van der Waals surface area contributed by atoms with E-state index in [1.807, 2.05) is 35.7 Å². The number of hydrogen-bond donors (Lipinski definition) is 1. The normalized spacial score (nSPS) is 12.7. The van der Waals surface area contributed by atoms with E-state index < -0.39 is 0 Å². The van der Waals surface area contributed by atoms with Gasteiger partial charge in [-0.1, -0.05) is 24.3 Å². The van der Waals surface area contributed by atoms with Crippen LogP contribution in [0.25, 0.3) is 21.8 Å². The van der Waals surface area contributed by atoms with Crippen molar-refractivity contribution >= 4 is 34.7 Å². The Labute approximate surface area is 193 Å². The number of imide groups is 1. The number of carbonyl (C=O) groups is 3. The van der Waals surface area contributed by atoms with Crippen LogP contribution >= 0.6 is 11.3 Å². The quantitative estimate of drug-likeness (QED) is 0.433. The summed E-state index contributed by atoms with van der Waals surface area (Å²) in [5.74, 6) is -1.00. The zero-order valence-corrected chi connectivity index (χ0v) is 18.2. The van der Waals surface area contributed by atoms with Gasteiger partial charge in [-0.3, -0.25) is 24.3 Å². The van der Waals surface area contributed by atoms with Crippen molar-refractivity contribution in [2.45, 2.75) is 6.42 Å². The molecule has 0 fully saturated rings. The van der Waals surface area contributed by atoms with Gasteiger partial charge in [-0.05, 0) is 36.4 Å². The molecule has 0 saturated heterocycles. The molecule has 0 unspecified atom stereocenters. The number of hydrogen-bond acceptors (Lipinski definition) is 6. The molecule has 1 aliphatic heterocycles. The molecule has 0 spiro atoms. The SMILES string of the molecule is O=C(CCN1C(=O)c2ccccc2C1=O)Nc1cccc(-c2csc(-c3ccncc3)n2)c1. The van der Waals surface area contributed by atoms with Gasteiger partial charge in [0, 0.05) is 47.6 Å². The van der Waals surface area contributed by atoms with E-state index in [2.05, 4.69) is 10.3 Å². The molecule has 3 amide bonds. The zero-order valence-electron chi connectivity index (χ0n) is 17.4. The predicted molar refractivity (Wildman–Crippen MR) is 126 cm³/mol. The van der Waals surface area contributed by atoms with E-state index in [9.17, 15) is 14.4 Å². The smallest absolute Gasteiger partial charge is 0.261 e. The molecule has 33 heavy (non-hydrogen) atoms. The zero-order chi connectivity index (χ0) is 22.8. The molecule has 162 valence electrons. The van der Waals surface area contributed by atoms with E-state index in [4.69, 9.17) is 4.98 Å². The Hall–Kier alpha value is -4.17. The maximum atomic E-state index is 12.5. The van der Waals surface area contributed by atoms with Crippen molar-refractivity contribution in [1.29, 1.82) is 0 Å². The van der Waals surface area contributed by atoms with Gasteiger partial charge in [0.05, 0.1) is 16.8 Å². The first-order valence-corrected chi connectivity index (χ1v) is 11.2. The van der Waals surface area contributed by atoms with Crippen molar-refractivity contribution < 1.29 is 14.4 Å². The third-order valence-electron chi connectivity index (χ3n) is 5.31. The summed E-state index contributed by atoms with van der Waals surface area (Å²) in [6, 6.07) is 17.9. The van der Waals surface area contributed by atoms with Crippen LogP contribution in [0.15, 0.2) is 78.4 Å². The molecule has 1 N–H and O–H groups in total. The molecule has 0 radical (unpaired) electrons. The van der Waals surface area contributed by atoms with Gasteiger partial charge < -0.3 is 5.32 Å². The molecule has 3 heterocycles. The van der Waals surface area contributed by atoms with Gasteiger partial charge >= 0.3 is 0 Å². The highest BCUT2D eigenvalue weighted by Gasteiger charge is 2.34. The molecule has 0 aliphatic carbocycles. The summed E-state index contributed by atoms with van der Waals surface area (Å²) in [5.41, 5.74) is 4.07.